The van der Waals surface area contributed by atoms with Crippen molar-refractivity contribution in [1.82, 2.24) is 9.55 Å². The lowest BCUT2D eigenvalue weighted by molar-refractivity contribution is 0.459. The number of benzene rings is 1. The second-order valence-electron chi connectivity index (χ2n) is 5.12. The molecule has 17 heavy (non-hydrogen) atoms. The van der Waals surface area contributed by atoms with Gasteiger partial charge in [0.25, 0.3) is 0 Å². The van der Waals surface area contributed by atoms with Crippen LogP contribution in [0.5, 0.6) is 0 Å². The lowest BCUT2D eigenvalue weighted by Crippen LogP contribution is -2.26. The first-order valence-electron chi connectivity index (χ1n) is 6.32. The van der Waals surface area contributed by atoms with Crippen molar-refractivity contribution in [3.8, 4) is 0 Å². The third-order valence-corrected chi connectivity index (χ3v) is 3.07. The van der Waals surface area contributed by atoms with Crippen LogP contribution in [-0.4, -0.2) is 15.6 Å². The van der Waals surface area contributed by atoms with Crippen LogP contribution < -0.4 is 5.73 Å². The molecule has 1 atom stereocenters. The van der Waals surface area contributed by atoms with E-state index in [0.29, 0.717) is 0 Å². The minimum Gasteiger partial charge on any atom is -0.329 e. The molecule has 2 rings (SSSR count). The number of para-hydroxylation sites is 2. The summed E-state index contributed by atoms with van der Waals surface area (Å²) in [6.45, 7) is 5.33. The van der Waals surface area contributed by atoms with Crippen LogP contribution in [0.2, 0.25) is 0 Å². The van der Waals surface area contributed by atoms with Gasteiger partial charge in [-0.05, 0) is 30.9 Å². The van der Waals surface area contributed by atoms with Gasteiger partial charge in [-0.3, -0.25) is 0 Å². The average molecular weight is 231 g/mol. The summed E-state index contributed by atoms with van der Waals surface area (Å²) in [6, 6.07) is 8.40. The van der Waals surface area contributed by atoms with E-state index in [0.717, 1.165) is 24.4 Å². The molecule has 0 fully saturated rings. The molecule has 2 N–H and O–H groups in total. The number of imidazole rings is 1. The number of rotatable bonds is 5. The van der Waals surface area contributed by atoms with Crippen molar-refractivity contribution in [2.75, 3.05) is 0 Å². The van der Waals surface area contributed by atoms with Gasteiger partial charge >= 0.3 is 0 Å². The van der Waals surface area contributed by atoms with E-state index in [4.69, 9.17) is 5.73 Å². The molecule has 0 aliphatic rings. The standard InChI is InChI=1S/C14H21N3/c1-11(2)7-8-12(15)9-17-10-16-13-5-3-4-6-14(13)17/h3-6,10-12H,7-9,15H2,1-2H3. The molecule has 0 spiro atoms. The largest absolute Gasteiger partial charge is 0.329 e. The third-order valence-electron chi connectivity index (χ3n) is 3.07. The van der Waals surface area contributed by atoms with Crippen molar-refractivity contribution >= 4 is 11.0 Å². The molecule has 1 heterocycles. The second kappa shape index (κ2) is 5.32. The Bertz CT molecular complexity index is 473. The summed E-state index contributed by atoms with van der Waals surface area (Å²) in [5.41, 5.74) is 8.37. The SMILES string of the molecule is CC(C)CCC(N)Cn1cnc2ccccc21. The first-order valence-corrected chi connectivity index (χ1v) is 6.32. The second-order valence-corrected chi connectivity index (χ2v) is 5.12. The lowest BCUT2D eigenvalue weighted by Gasteiger charge is -2.14. The Hall–Kier alpha value is -1.35. The Kier molecular flexibility index (Phi) is 3.79. The maximum Gasteiger partial charge on any atom is 0.0958 e. The molecule has 0 radical (unpaired) electrons. The molecule has 1 aromatic carbocycles. The van der Waals surface area contributed by atoms with Crippen molar-refractivity contribution < 1.29 is 0 Å². The van der Waals surface area contributed by atoms with E-state index in [2.05, 4.69) is 29.5 Å². The van der Waals surface area contributed by atoms with E-state index >= 15 is 0 Å². The molecule has 1 unspecified atom stereocenters. The van der Waals surface area contributed by atoms with Gasteiger partial charge in [-0.2, -0.15) is 0 Å². The van der Waals surface area contributed by atoms with Gasteiger partial charge < -0.3 is 10.3 Å². The zero-order valence-electron chi connectivity index (χ0n) is 10.6. The van der Waals surface area contributed by atoms with E-state index < -0.39 is 0 Å². The first kappa shape index (κ1) is 12.1. The average Bonchev–Trinajstić information content (AvgIpc) is 2.70. The highest BCUT2D eigenvalue weighted by atomic mass is 15.1. The summed E-state index contributed by atoms with van der Waals surface area (Å²) in [5, 5.41) is 0. The zero-order valence-corrected chi connectivity index (χ0v) is 10.6. The summed E-state index contributed by atoms with van der Waals surface area (Å²) >= 11 is 0. The van der Waals surface area contributed by atoms with Gasteiger partial charge in [0, 0.05) is 12.6 Å². The number of aromatic nitrogens is 2. The molecule has 0 aliphatic heterocycles. The topological polar surface area (TPSA) is 43.8 Å². The number of fused-ring (bicyclic) bond motifs is 1. The Morgan fingerprint density at radius 2 is 2.00 bits per heavy atom. The van der Waals surface area contributed by atoms with Crippen LogP contribution in [0.15, 0.2) is 30.6 Å². The normalized spacial score (nSPS) is 13.4. The van der Waals surface area contributed by atoms with E-state index in [1.165, 1.54) is 11.9 Å². The lowest BCUT2D eigenvalue weighted by atomic mass is 10.0. The summed E-state index contributed by atoms with van der Waals surface area (Å²) < 4.78 is 2.15. The van der Waals surface area contributed by atoms with E-state index in [1.807, 2.05) is 24.5 Å². The molecule has 3 nitrogen and oxygen atoms in total. The van der Waals surface area contributed by atoms with Crippen LogP contribution in [0.25, 0.3) is 11.0 Å². The minimum atomic E-state index is 0.218. The fraction of sp³-hybridized carbons (Fsp3) is 0.500. The fourth-order valence-corrected chi connectivity index (χ4v) is 2.05. The van der Waals surface area contributed by atoms with Crippen molar-refractivity contribution in [3.63, 3.8) is 0 Å². The van der Waals surface area contributed by atoms with Crippen LogP contribution in [0.3, 0.4) is 0 Å². The van der Waals surface area contributed by atoms with Crippen LogP contribution in [-0.2, 0) is 6.54 Å². The summed E-state index contributed by atoms with van der Waals surface area (Å²) in [7, 11) is 0. The highest BCUT2D eigenvalue weighted by molar-refractivity contribution is 5.74. The molecule has 0 amide bonds. The molecule has 92 valence electrons. The van der Waals surface area contributed by atoms with Gasteiger partial charge in [-0.15, -0.1) is 0 Å². The number of nitrogens with zero attached hydrogens (tertiary/aromatic N) is 2. The van der Waals surface area contributed by atoms with Crippen LogP contribution >= 0.6 is 0 Å². The molecule has 0 aliphatic carbocycles. The minimum absolute atomic E-state index is 0.218. The molecular formula is C14H21N3. The Morgan fingerprint density at radius 1 is 1.24 bits per heavy atom. The maximum atomic E-state index is 6.16. The highest BCUT2D eigenvalue weighted by Gasteiger charge is 2.07. The highest BCUT2D eigenvalue weighted by Crippen LogP contribution is 2.13. The van der Waals surface area contributed by atoms with Crippen molar-refractivity contribution in [2.45, 2.75) is 39.3 Å². The quantitative estimate of drug-likeness (QED) is 0.860. The molecule has 3 heteroatoms. The van der Waals surface area contributed by atoms with Crippen molar-refractivity contribution in [1.29, 1.82) is 0 Å². The van der Waals surface area contributed by atoms with Crippen LogP contribution in [0.1, 0.15) is 26.7 Å². The fourth-order valence-electron chi connectivity index (χ4n) is 2.05. The van der Waals surface area contributed by atoms with Crippen LogP contribution in [0, 0.1) is 5.92 Å². The van der Waals surface area contributed by atoms with Crippen molar-refractivity contribution in [2.24, 2.45) is 11.7 Å². The molecule has 0 saturated carbocycles. The first-order chi connectivity index (χ1) is 8.16. The molecule has 2 aromatic rings. The summed E-state index contributed by atoms with van der Waals surface area (Å²) in [4.78, 5) is 4.37. The van der Waals surface area contributed by atoms with E-state index in [-0.39, 0.29) is 6.04 Å². The summed E-state index contributed by atoms with van der Waals surface area (Å²) in [5.74, 6) is 0.723. The predicted octanol–water partition coefficient (Wildman–Crippen LogP) is 2.80. The Morgan fingerprint density at radius 3 is 2.76 bits per heavy atom. The molecule has 1 aromatic heterocycles. The van der Waals surface area contributed by atoms with Crippen LogP contribution in [0.4, 0.5) is 0 Å². The van der Waals surface area contributed by atoms with Gasteiger partial charge in [0.05, 0.1) is 17.4 Å². The number of nitrogens with two attached hydrogens (primary N) is 1. The van der Waals surface area contributed by atoms with Gasteiger partial charge in [0.1, 0.15) is 0 Å². The van der Waals surface area contributed by atoms with E-state index in [1.54, 1.807) is 0 Å². The molecular weight excluding hydrogens is 210 g/mol. The monoisotopic (exact) mass is 231 g/mol. The molecule has 0 bridgehead atoms. The van der Waals surface area contributed by atoms with Gasteiger partial charge in [0.2, 0.25) is 0 Å². The van der Waals surface area contributed by atoms with Crippen molar-refractivity contribution in [3.05, 3.63) is 30.6 Å². The predicted molar refractivity (Wildman–Crippen MR) is 71.8 cm³/mol. The number of hydrogen-bond donors (Lipinski definition) is 1. The third kappa shape index (κ3) is 3.07. The Labute approximate surface area is 103 Å². The zero-order chi connectivity index (χ0) is 12.3. The summed E-state index contributed by atoms with van der Waals surface area (Å²) in [6.07, 6.45) is 4.15. The van der Waals surface area contributed by atoms with Gasteiger partial charge in [-0.1, -0.05) is 26.0 Å². The Balaban J connectivity index is 2.03. The smallest absolute Gasteiger partial charge is 0.0958 e. The molecule has 0 saturated heterocycles. The number of hydrogen-bond acceptors (Lipinski definition) is 2. The maximum absolute atomic E-state index is 6.16. The van der Waals surface area contributed by atoms with Gasteiger partial charge in [-0.25, -0.2) is 4.98 Å². The van der Waals surface area contributed by atoms with E-state index in [9.17, 15) is 0 Å². The van der Waals surface area contributed by atoms with Gasteiger partial charge in [0.15, 0.2) is 0 Å².